The molecule has 28 heavy (non-hydrogen) atoms. The van der Waals surface area contributed by atoms with Crippen LogP contribution in [-0.4, -0.2) is 25.9 Å². The summed E-state index contributed by atoms with van der Waals surface area (Å²) >= 11 is 0. The summed E-state index contributed by atoms with van der Waals surface area (Å²) in [6.07, 6.45) is 2.83. The standard InChI is InChI=1S/C20H24N4O4/c1-4-5-8-11-24-19(25)15-10-7-6-9-14(15)17(22-24)20(26)27-12-16-21-18(13(2)3)23-28-16/h6-7,9-10,13H,4-5,8,11-12H2,1-3H3. The molecule has 0 atom stereocenters. The lowest BCUT2D eigenvalue weighted by atomic mass is 10.1. The Morgan fingerprint density at radius 3 is 2.64 bits per heavy atom. The summed E-state index contributed by atoms with van der Waals surface area (Å²) in [7, 11) is 0. The van der Waals surface area contributed by atoms with Crippen LogP contribution in [-0.2, 0) is 17.9 Å². The van der Waals surface area contributed by atoms with Crippen LogP contribution in [0.3, 0.4) is 0 Å². The second-order valence-corrected chi connectivity index (χ2v) is 6.91. The van der Waals surface area contributed by atoms with Crippen molar-refractivity contribution in [1.29, 1.82) is 0 Å². The van der Waals surface area contributed by atoms with E-state index in [2.05, 4.69) is 22.2 Å². The van der Waals surface area contributed by atoms with Crippen LogP contribution in [0.1, 0.15) is 68.2 Å². The highest BCUT2D eigenvalue weighted by Crippen LogP contribution is 2.16. The third-order valence-electron chi connectivity index (χ3n) is 4.36. The normalized spacial score (nSPS) is 11.3. The molecule has 8 nitrogen and oxygen atoms in total. The van der Waals surface area contributed by atoms with Crippen molar-refractivity contribution in [3.05, 3.63) is 52.0 Å². The number of carbonyl (C=O) groups is 1. The van der Waals surface area contributed by atoms with E-state index in [-0.39, 0.29) is 29.7 Å². The molecule has 0 saturated heterocycles. The highest BCUT2D eigenvalue weighted by atomic mass is 16.6. The van der Waals surface area contributed by atoms with Gasteiger partial charge in [-0.2, -0.15) is 10.1 Å². The van der Waals surface area contributed by atoms with E-state index in [0.29, 0.717) is 23.1 Å². The first kappa shape index (κ1) is 19.7. The molecule has 3 rings (SSSR count). The van der Waals surface area contributed by atoms with Gasteiger partial charge in [0.15, 0.2) is 18.1 Å². The molecule has 0 unspecified atom stereocenters. The Hall–Kier alpha value is -3.03. The molecule has 1 aromatic carbocycles. The van der Waals surface area contributed by atoms with Gasteiger partial charge in [0.2, 0.25) is 0 Å². The fourth-order valence-electron chi connectivity index (χ4n) is 2.81. The van der Waals surface area contributed by atoms with Crippen LogP contribution in [0, 0.1) is 0 Å². The lowest BCUT2D eigenvalue weighted by molar-refractivity contribution is 0.0422. The molecule has 148 valence electrons. The molecular formula is C20H24N4O4. The van der Waals surface area contributed by atoms with Gasteiger partial charge in [0.1, 0.15) is 0 Å². The molecule has 0 spiro atoms. The van der Waals surface area contributed by atoms with Crippen molar-refractivity contribution in [2.45, 2.75) is 59.1 Å². The number of esters is 1. The minimum atomic E-state index is -0.635. The van der Waals surface area contributed by atoms with Crippen LogP contribution < -0.4 is 5.56 Å². The number of hydrogen-bond acceptors (Lipinski definition) is 7. The molecule has 0 aliphatic heterocycles. The highest BCUT2D eigenvalue weighted by molar-refractivity contribution is 6.02. The van der Waals surface area contributed by atoms with Crippen LogP contribution >= 0.6 is 0 Å². The maximum atomic E-state index is 12.7. The molecular weight excluding hydrogens is 360 g/mol. The third-order valence-corrected chi connectivity index (χ3v) is 4.36. The first-order valence-corrected chi connectivity index (χ1v) is 9.50. The van der Waals surface area contributed by atoms with Gasteiger partial charge in [0.05, 0.1) is 5.39 Å². The Morgan fingerprint density at radius 1 is 1.21 bits per heavy atom. The van der Waals surface area contributed by atoms with Crippen LogP contribution in [0.2, 0.25) is 0 Å². The third kappa shape index (κ3) is 4.27. The maximum Gasteiger partial charge on any atom is 0.359 e. The minimum absolute atomic E-state index is 0.107. The van der Waals surface area contributed by atoms with Gasteiger partial charge in [-0.1, -0.05) is 57.0 Å². The average Bonchev–Trinajstić information content (AvgIpc) is 3.17. The quantitative estimate of drug-likeness (QED) is 0.433. The number of nitrogens with zero attached hydrogens (tertiary/aromatic N) is 4. The monoisotopic (exact) mass is 384 g/mol. The van der Waals surface area contributed by atoms with Crippen LogP contribution in [0.4, 0.5) is 0 Å². The number of aromatic nitrogens is 4. The topological polar surface area (TPSA) is 100 Å². The number of aryl methyl sites for hydroxylation is 1. The van der Waals surface area contributed by atoms with Crippen LogP contribution in [0.15, 0.2) is 33.6 Å². The number of ether oxygens (including phenoxy) is 1. The molecule has 0 bridgehead atoms. The number of fused-ring (bicyclic) bond motifs is 1. The summed E-state index contributed by atoms with van der Waals surface area (Å²) in [6, 6.07) is 6.91. The zero-order valence-electron chi connectivity index (χ0n) is 16.3. The van der Waals surface area contributed by atoms with E-state index >= 15 is 0 Å². The van der Waals surface area contributed by atoms with E-state index in [0.717, 1.165) is 19.3 Å². The zero-order valence-corrected chi connectivity index (χ0v) is 16.3. The summed E-state index contributed by atoms with van der Waals surface area (Å²) in [6.45, 7) is 6.28. The number of benzene rings is 1. The summed E-state index contributed by atoms with van der Waals surface area (Å²) in [5.41, 5.74) is -0.1000. The van der Waals surface area contributed by atoms with Gasteiger partial charge in [-0.3, -0.25) is 4.79 Å². The molecule has 0 saturated carbocycles. The average molecular weight is 384 g/mol. The van der Waals surface area contributed by atoms with Crippen LogP contribution in [0.25, 0.3) is 10.8 Å². The smallest absolute Gasteiger partial charge is 0.359 e. The fraction of sp³-hybridized carbons (Fsp3) is 0.450. The van der Waals surface area contributed by atoms with Gasteiger partial charge in [-0.25, -0.2) is 9.48 Å². The number of unbranched alkanes of at least 4 members (excludes halogenated alkanes) is 2. The van der Waals surface area contributed by atoms with Gasteiger partial charge < -0.3 is 9.26 Å². The summed E-state index contributed by atoms with van der Waals surface area (Å²) in [5.74, 6) is 0.256. The van der Waals surface area contributed by atoms with Crippen molar-refractivity contribution in [3.63, 3.8) is 0 Å². The lowest BCUT2D eigenvalue weighted by Crippen LogP contribution is -2.26. The van der Waals surface area contributed by atoms with Crippen molar-refractivity contribution in [1.82, 2.24) is 19.9 Å². The molecule has 0 radical (unpaired) electrons. The van der Waals surface area contributed by atoms with E-state index in [1.165, 1.54) is 4.68 Å². The maximum absolute atomic E-state index is 12.7. The number of hydrogen-bond donors (Lipinski definition) is 0. The van der Waals surface area contributed by atoms with E-state index in [1.54, 1.807) is 24.3 Å². The lowest BCUT2D eigenvalue weighted by Gasteiger charge is -2.10. The largest absolute Gasteiger partial charge is 0.451 e. The predicted octanol–water partition coefficient (Wildman–Crippen LogP) is 3.45. The summed E-state index contributed by atoms with van der Waals surface area (Å²) in [5, 5.41) is 9.04. The molecule has 0 aliphatic carbocycles. The van der Waals surface area contributed by atoms with Crippen molar-refractivity contribution in [2.24, 2.45) is 0 Å². The SMILES string of the molecule is CCCCCn1nc(C(=O)OCc2nc(C(C)C)no2)c2ccccc2c1=O. The molecule has 3 aromatic rings. The number of carbonyl (C=O) groups excluding carboxylic acids is 1. The van der Waals surface area contributed by atoms with Crippen molar-refractivity contribution in [2.75, 3.05) is 0 Å². The Labute approximate surface area is 162 Å². The van der Waals surface area contributed by atoms with E-state index in [1.807, 2.05) is 13.8 Å². The van der Waals surface area contributed by atoms with E-state index in [9.17, 15) is 9.59 Å². The molecule has 8 heteroatoms. The zero-order chi connectivity index (χ0) is 20.1. The molecule has 0 amide bonds. The first-order chi connectivity index (χ1) is 13.5. The second kappa shape index (κ2) is 8.77. The summed E-state index contributed by atoms with van der Waals surface area (Å²) < 4.78 is 11.8. The summed E-state index contributed by atoms with van der Waals surface area (Å²) in [4.78, 5) is 29.5. The van der Waals surface area contributed by atoms with E-state index < -0.39 is 5.97 Å². The molecule has 2 heterocycles. The fourth-order valence-corrected chi connectivity index (χ4v) is 2.81. The second-order valence-electron chi connectivity index (χ2n) is 6.91. The molecule has 0 fully saturated rings. The van der Waals surface area contributed by atoms with Gasteiger partial charge >= 0.3 is 5.97 Å². The Morgan fingerprint density at radius 2 is 1.96 bits per heavy atom. The first-order valence-electron chi connectivity index (χ1n) is 9.50. The molecule has 2 aromatic heterocycles. The van der Waals surface area contributed by atoms with Crippen molar-refractivity contribution in [3.8, 4) is 0 Å². The van der Waals surface area contributed by atoms with Crippen molar-refractivity contribution < 1.29 is 14.1 Å². The molecule has 0 aliphatic rings. The Kier molecular flexibility index (Phi) is 6.18. The van der Waals surface area contributed by atoms with Gasteiger partial charge in [0.25, 0.3) is 11.4 Å². The molecule has 0 N–H and O–H groups in total. The van der Waals surface area contributed by atoms with Crippen molar-refractivity contribution >= 4 is 16.7 Å². The minimum Gasteiger partial charge on any atom is -0.451 e. The van der Waals surface area contributed by atoms with Gasteiger partial charge in [0, 0.05) is 17.8 Å². The van der Waals surface area contributed by atoms with Gasteiger partial charge in [-0.05, 0) is 12.5 Å². The van der Waals surface area contributed by atoms with Gasteiger partial charge in [-0.15, -0.1) is 0 Å². The Balaban J connectivity index is 1.86. The Bertz CT molecular complexity index is 1020. The number of rotatable bonds is 8. The van der Waals surface area contributed by atoms with Crippen LogP contribution in [0.5, 0.6) is 0 Å². The van der Waals surface area contributed by atoms with E-state index in [4.69, 9.17) is 9.26 Å². The highest BCUT2D eigenvalue weighted by Gasteiger charge is 2.19. The predicted molar refractivity (Wildman–Crippen MR) is 103 cm³/mol.